The molecule has 0 saturated carbocycles. The molecule has 0 aliphatic carbocycles. The van der Waals surface area contributed by atoms with E-state index in [1.54, 1.807) is 13.3 Å². The second-order valence-corrected chi connectivity index (χ2v) is 1.48. The third-order valence-electron chi connectivity index (χ3n) is 0.737. The molecular formula is C8H19NO. The molecule has 0 fully saturated rings. The zero-order valence-electron chi connectivity index (χ0n) is 7.48. The van der Waals surface area contributed by atoms with Crippen LogP contribution in [0.15, 0.2) is 12.3 Å². The zero-order chi connectivity index (χ0) is 8.24. The molecule has 0 radical (unpaired) electrons. The van der Waals surface area contributed by atoms with Gasteiger partial charge in [0, 0.05) is 7.05 Å². The van der Waals surface area contributed by atoms with Crippen LogP contribution in [0, 0.1) is 0 Å². The monoisotopic (exact) mass is 145 g/mol. The highest BCUT2D eigenvalue weighted by Crippen LogP contribution is 1.86. The average molecular weight is 145 g/mol. The molecule has 0 aromatic carbocycles. The van der Waals surface area contributed by atoms with E-state index in [4.69, 9.17) is 4.84 Å². The fraction of sp³-hybridized carbons (Fsp3) is 0.750. The maximum absolute atomic E-state index is 4.70. The smallest absolute Gasteiger partial charge is 0.107 e. The van der Waals surface area contributed by atoms with Gasteiger partial charge >= 0.3 is 0 Å². The minimum Gasteiger partial charge on any atom is -0.417 e. The zero-order valence-corrected chi connectivity index (χ0v) is 7.48. The number of rotatable bonds is 4. The predicted molar refractivity (Wildman–Crippen MR) is 45.5 cm³/mol. The Morgan fingerprint density at radius 1 is 1.40 bits per heavy atom. The van der Waals surface area contributed by atoms with Crippen LogP contribution in [0.2, 0.25) is 0 Å². The highest BCUT2D eigenvalue weighted by molar-refractivity contribution is 4.71. The van der Waals surface area contributed by atoms with Crippen molar-refractivity contribution in [3.05, 3.63) is 12.3 Å². The van der Waals surface area contributed by atoms with Crippen molar-refractivity contribution in [3.8, 4) is 0 Å². The molecule has 0 saturated heterocycles. The summed E-state index contributed by atoms with van der Waals surface area (Å²) >= 11 is 0. The van der Waals surface area contributed by atoms with Crippen molar-refractivity contribution >= 4 is 0 Å². The molecule has 0 aliphatic heterocycles. The minimum absolute atomic E-state index is 1.08. The quantitative estimate of drug-likeness (QED) is 0.484. The molecule has 2 heteroatoms. The molecule has 0 amide bonds. The van der Waals surface area contributed by atoms with Crippen molar-refractivity contribution in [2.75, 3.05) is 7.05 Å². The van der Waals surface area contributed by atoms with Crippen molar-refractivity contribution in [3.63, 3.8) is 0 Å². The van der Waals surface area contributed by atoms with E-state index < -0.39 is 0 Å². The summed E-state index contributed by atoms with van der Waals surface area (Å²) in [6.07, 6.45) is 5.89. The largest absolute Gasteiger partial charge is 0.417 e. The molecule has 0 atom stereocenters. The van der Waals surface area contributed by atoms with Gasteiger partial charge in [-0.25, -0.2) is 0 Å². The van der Waals surface area contributed by atoms with E-state index in [2.05, 4.69) is 12.4 Å². The van der Waals surface area contributed by atoms with E-state index in [0.717, 1.165) is 6.42 Å². The molecule has 0 unspecified atom stereocenters. The summed E-state index contributed by atoms with van der Waals surface area (Å²) in [6, 6.07) is 0. The highest BCUT2D eigenvalue weighted by atomic mass is 16.6. The Bertz CT molecular complexity index is 54.3. The van der Waals surface area contributed by atoms with Crippen molar-refractivity contribution < 1.29 is 4.84 Å². The molecule has 1 N–H and O–H groups in total. The molecule has 0 bridgehead atoms. The molecule has 0 rings (SSSR count). The molecule has 10 heavy (non-hydrogen) atoms. The van der Waals surface area contributed by atoms with E-state index in [-0.39, 0.29) is 0 Å². The first-order chi connectivity index (χ1) is 4.91. The van der Waals surface area contributed by atoms with Crippen molar-refractivity contribution in [1.82, 2.24) is 5.48 Å². The summed E-state index contributed by atoms with van der Waals surface area (Å²) in [7, 11) is 1.73. The maximum Gasteiger partial charge on any atom is 0.107 e. The van der Waals surface area contributed by atoms with Crippen LogP contribution in [0.1, 0.15) is 33.6 Å². The van der Waals surface area contributed by atoms with Gasteiger partial charge in [0.25, 0.3) is 0 Å². The van der Waals surface area contributed by atoms with Crippen LogP contribution in [0.5, 0.6) is 0 Å². The fourth-order valence-corrected chi connectivity index (χ4v) is 0.351. The van der Waals surface area contributed by atoms with Gasteiger partial charge in [-0.15, -0.1) is 0 Å². The summed E-state index contributed by atoms with van der Waals surface area (Å²) in [5.41, 5.74) is 2.54. The van der Waals surface area contributed by atoms with Crippen LogP contribution in [0.25, 0.3) is 0 Å². The first kappa shape index (κ1) is 12.2. The normalized spacial score (nSPS) is 8.80. The second-order valence-electron chi connectivity index (χ2n) is 1.48. The maximum atomic E-state index is 4.70. The van der Waals surface area contributed by atoms with Crippen molar-refractivity contribution in [2.45, 2.75) is 33.6 Å². The molecule has 62 valence electrons. The highest BCUT2D eigenvalue weighted by Gasteiger charge is 1.70. The molecule has 2 nitrogen and oxygen atoms in total. The van der Waals surface area contributed by atoms with Crippen LogP contribution in [-0.4, -0.2) is 7.05 Å². The van der Waals surface area contributed by atoms with E-state index in [1.165, 1.54) is 6.42 Å². The number of nitrogens with one attached hydrogen (secondary N) is 1. The lowest BCUT2D eigenvalue weighted by molar-refractivity contribution is 0.158. The molecule has 0 aromatic heterocycles. The first-order valence-electron chi connectivity index (χ1n) is 3.89. The topological polar surface area (TPSA) is 21.3 Å². The van der Waals surface area contributed by atoms with Gasteiger partial charge in [-0.05, 0) is 12.5 Å². The van der Waals surface area contributed by atoms with Gasteiger partial charge in [0.1, 0.15) is 6.26 Å². The summed E-state index contributed by atoms with van der Waals surface area (Å²) in [5, 5.41) is 0. The standard InChI is InChI=1S/C6H13NO.C2H6/c1-3-4-5-6-8-7-2;1-2/h5-7H,3-4H2,1-2H3;1-2H3/b6-5-;. The Morgan fingerprint density at radius 3 is 2.40 bits per heavy atom. The lowest BCUT2D eigenvalue weighted by atomic mass is 10.3. The second kappa shape index (κ2) is 15.8. The SMILES string of the molecule is CC.CCC/C=C\ONC. The molecule has 0 spiro atoms. The lowest BCUT2D eigenvalue weighted by Gasteiger charge is -1.90. The molecular weight excluding hydrogens is 126 g/mol. The summed E-state index contributed by atoms with van der Waals surface area (Å²) in [5.74, 6) is 0. The van der Waals surface area contributed by atoms with Crippen LogP contribution in [0.3, 0.4) is 0 Å². The van der Waals surface area contributed by atoms with Gasteiger partial charge < -0.3 is 4.84 Å². The van der Waals surface area contributed by atoms with Gasteiger partial charge in [0.15, 0.2) is 0 Å². The Morgan fingerprint density at radius 2 is 2.00 bits per heavy atom. The molecule has 0 aromatic rings. The number of unbranched alkanes of at least 4 members (excludes halogenated alkanes) is 1. The third kappa shape index (κ3) is 15.6. The first-order valence-corrected chi connectivity index (χ1v) is 3.89. The van der Waals surface area contributed by atoms with Crippen molar-refractivity contribution in [2.24, 2.45) is 0 Å². The van der Waals surface area contributed by atoms with Gasteiger partial charge in [-0.3, -0.25) is 0 Å². The number of hydroxylamine groups is 1. The predicted octanol–water partition coefficient (Wildman–Crippen LogP) is 2.48. The van der Waals surface area contributed by atoms with E-state index in [9.17, 15) is 0 Å². The van der Waals surface area contributed by atoms with Gasteiger partial charge in [0.05, 0.1) is 0 Å². The van der Waals surface area contributed by atoms with Gasteiger partial charge in [0.2, 0.25) is 0 Å². The fourth-order valence-electron chi connectivity index (χ4n) is 0.351. The average Bonchev–Trinajstić information content (AvgIpc) is 2.02. The number of allylic oxidation sites excluding steroid dienone is 1. The van der Waals surface area contributed by atoms with Crippen LogP contribution < -0.4 is 5.48 Å². The van der Waals surface area contributed by atoms with Crippen LogP contribution in [0.4, 0.5) is 0 Å². The van der Waals surface area contributed by atoms with Gasteiger partial charge in [-0.2, -0.15) is 5.48 Å². The summed E-state index contributed by atoms with van der Waals surface area (Å²) < 4.78 is 0. The van der Waals surface area contributed by atoms with Gasteiger partial charge in [-0.1, -0.05) is 27.2 Å². The third-order valence-corrected chi connectivity index (χ3v) is 0.737. The molecule has 0 heterocycles. The lowest BCUT2D eigenvalue weighted by Crippen LogP contribution is -1.99. The minimum atomic E-state index is 1.08. The number of hydrogen-bond donors (Lipinski definition) is 1. The van der Waals surface area contributed by atoms with E-state index in [0.29, 0.717) is 0 Å². The Hall–Kier alpha value is -0.500. The number of hydrogen-bond acceptors (Lipinski definition) is 2. The van der Waals surface area contributed by atoms with E-state index >= 15 is 0 Å². The van der Waals surface area contributed by atoms with Crippen molar-refractivity contribution in [1.29, 1.82) is 0 Å². The Balaban J connectivity index is 0. The van der Waals surface area contributed by atoms with Crippen LogP contribution >= 0.6 is 0 Å². The van der Waals surface area contributed by atoms with E-state index in [1.807, 2.05) is 19.9 Å². The Kier molecular flexibility index (Phi) is 19.3. The summed E-state index contributed by atoms with van der Waals surface area (Å²) in [4.78, 5) is 4.70. The summed E-state index contributed by atoms with van der Waals surface area (Å²) in [6.45, 7) is 6.13. The Labute approximate surface area is 64.2 Å². The molecule has 0 aliphatic rings. The van der Waals surface area contributed by atoms with Crippen LogP contribution in [-0.2, 0) is 4.84 Å².